The quantitative estimate of drug-likeness (QED) is 0.542. The molecule has 0 atom stereocenters. The number of hydrogen-bond acceptors (Lipinski definition) is 4. The fraction of sp³-hybridized carbons (Fsp3) is 0.0714. The van der Waals surface area contributed by atoms with E-state index in [0.29, 0.717) is 12.1 Å². The smallest absolute Gasteiger partial charge is 0.162 e. The summed E-state index contributed by atoms with van der Waals surface area (Å²) in [6, 6.07) is 10.7. The standard InChI is InChI=1S/C14H13N3O2/c18-13-6-1-3-9(14(13)19)7-15-11-4-2-5-12-10(11)8-16-17-12/h1-6,8,15,18-19H,7H2,(H,16,17). The van der Waals surface area contributed by atoms with E-state index in [9.17, 15) is 10.2 Å². The summed E-state index contributed by atoms with van der Waals surface area (Å²) in [5.41, 5.74) is 2.51. The van der Waals surface area contributed by atoms with Crippen LogP contribution in [0.25, 0.3) is 10.9 Å². The molecule has 3 rings (SSSR count). The summed E-state index contributed by atoms with van der Waals surface area (Å²) in [6.45, 7) is 0.421. The van der Waals surface area contributed by atoms with Crippen molar-refractivity contribution in [1.29, 1.82) is 0 Å². The van der Waals surface area contributed by atoms with Gasteiger partial charge in [0, 0.05) is 23.2 Å². The van der Waals surface area contributed by atoms with Gasteiger partial charge in [0.2, 0.25) is 0 Å². The van der Waals surface area contributed by atoms with Crippen molar-refractivity contribution in [3.63, 3.8) is 0 Å². The van der Waals surface area contributed by atoms with Crippen LogP contribution in [0.3, 0.4) is 0 Å². The molecule has 1 aromatic heterocycles. The molecule has 0 saturated heterocycles. The van der Waals surface area contributed by atoms with Crippen molar-refractivity contribution >= 4 is 16.6 Å². The zero-order valence-electron chi connectivity index (χ0n) is 10.1. The van der Waals surface area contributed by atoms with Crippen molar-refractivity contribution in [2.75, 3.05) is 5.32 Å². The Kier molecular flexibility index (Phi) is 2.72. The molecule has 0 aliphatic carbocycles. The van der Waals surface area contributed by atoms with E-state index in [0.717, 1.165) is 16.6 Å². The minimum atomic E-state index is -0.110. The molecule has 5 nitrogen and oxygen atoms in total. The predicted molar refractivity (Wildman–Crippen MR) is 73.2 cm³/mol. The number of rotatable bonds is 3. The number of nitrogens with one attached hydrogen (secondary N) is 2. The fourth-order valence-corrected chi connectivity index (χ4v) is 2.03. The highest BCUT2D eigenvalue weighted by atomic mass is 16.3. The van der Waals surface area contributed by atoms with Crippen molar-refractivity contribution in [3.05, 3.63) is 48.2 Å². The molecule has 19 heavy (non-hydrogen) atoms. The number of benzene rings is 2. The van der Waals surface area contributed by atoms with Gasteiger partial charge in [0.05, 0.1) is 11.7 Å². The highest BCUT2D eigenvalue weighted by Crippen LogP contribution is 2.29. The first-order valence-corrected chi connectivity index (χ1v) is 5.91. The Labute approximate surface area is 109 Å². The first-order chi connectivity index (χ1) is 9.25. The minimum Gasteiger partial charge on any atom is -0.504 e. The van der Waals surface area contributed by atoms with E-state index < -0.39 is 0 Å². The molecule has 0 aliphatic rings. The summed E-state index contributed by atoms with van der Waals surface area (Å²) in [5.74, 6) is -0.199. The van der Waals surface area contributed by atoms with E-state index in [-0.39, 0.29) is 11.5 Å². The lowest BCUT2D eigenvalue weighted by atomic mass is 10.1. The zero-order chi connectivity index (χ0) is 13.2. The van der Waals surface area contributed by atoms with E-state index in [1.54, 1.807) is 18.3 Å². The Hall–Kier alpha value is -2.69. The molecule has 2 aromatic carbocycles. The molecule has 1 heterocycles. The number of aromatic nitrogens is 2. The van der Waals surface area contributed by atoms with Crippen molar-refractivity contribution in [3.8, 4) is 11.5 Å². The van der Waals surface area contributed by atoms with Crippen LogP contribution >= 0.6 is 0 Å². The molecule has 0 unspecified atom stereocenters. The average molecular weight is 255 g/mol. The summed E-state index contributed by atoms with van der Waals surface area (Å²) in [4.78, 5) is 0. The maximum atomic E-state index is 9.74. The van der Waals surface area contributed by atoms with Gasteiger partial charge in [0.1, 0.15) is 0 Å². The summed E-state index contributed by atoms with van der Waals surface area (Å²) >= 11 is 0. The van der Waals surface area contributed by atoms with Crippen molar-refractivity contribution in [2.45, 2.75) is 6.54 Å². The third-order valence-electron chi connectivity index (χ3n) is 3.05. The first-order valence-electron chi connectivity index (χ1n) is 5.91. The molecule has 0 aliphatic heterocycles. The molecule has 0 radical (unpaired) electrons. The molecule has 96 valence electrons. The number of aromatic amines is 1. The number of aromatic hydroxyl groups is 2. The van der Waals surface area contributed by atoms with Gasteiger partial charge in [0.25, 0.3) is 0 Å². The first kappa shape index (κ1) is 11.4. The number of anilines is 1. The molecular weight excluding hydrogens is 242 g/mol. The number of hydrogen-bond donors (Lipinski definition) is 4. The number of fused-ring (bicyclic) bond motifs is 1. The van der Waals surface area contributed by atoms with Crippen LogP contribution in [-0.2, 0) is 6.54 Å². The van der Waals surface area contributed by atoms with E-state index >= 15 is 0 Å². The summed E-state index contributed by atoms with van der Waals surface area (Å²) in [6.07, 6.45) is 1.75. The third-order valence-corrected chi connectivity index (χ3v) is 3.05. The van der Waals surface area contributed by atoms with Crippen molar-refractivity contribution in [2.24, 2.45) is 0 Å². The average Bonchev–Trinajstić information content (AvgIpc) is 2.89. The van der Waals surface area contributed by atoms with Crippen LogP contribution in [0.1, 0.15) is 5.56 Å². The Morgan fingerprint density at radius 2 is 1.95 bits per heavy atom. The lowest BCUT2D eigenvalue weighted by Crippen LogP contribution is -1.99. The highest BCUT2D eigenvalue weighted by Gasteiger charge is 2.07. The van der Waals surface area contributed by atoms with Gasteiger partial charge in [-0.3, -0.25) is 5.10 Å². The van der Waals surface area contributed by atoms with Gasteiger partial charge >= 0.3 is 0 Å². The maximum Gasteiger partial charge on any atom is 0.162 e. The van der Waals surface area contributed by atoms with Gasteiger partial charge in [-0.2, -0.15) is 5.10 Å². The molecule has 3 aromatic rings. The monoisotopic (exact) mass is 255 g/mol. The predicted octanol–water partition coefficient (Wildman–Crippen LogP) is 2.59. The van der Waals surface area contributed by atoms with Crippen LogP contribution < -0.4 is 5.32 Å². The van der Waals surface area contributed by atoms with E-state index in [1.165, 1.54) is 6.07 Å². The number of para-hydroxylation sites is 1. The molecular formula is C14H13N3O2. The molecule has 0 spiro atoms. The second kappa shape index (κ2) is 4.53. The zero-order valence-corrected chi connectivity index (χ0v) is 10.1. The maximum absolute atomic E-state index is 9.74. The van der Waals surface area contributed by atoms with Crippen LogP contribution in [0.15, 0.2) is 42.6 Å². The molecule has 0 fully saturated rings. The van der Waals surface area contributed by atoms with Crippen LogP contribution in [0.2, 0.25) is 0 Å². The second-order valence-corrected chi connectivity index (χ2v) is 4.28. The number of phenols is 2. The Bertz CT molecular complexity index is 722. The molecule has 4 N–H and O–H groups in total. The van der Waals surface area contributed by atoms with Gasteiger partial charge in [-0.05, 0) is 18.2 Å². The SMILES string of the molecule is Oc1cccc(CNc2cccc3[nH]ncc23)c1O. The Morgan fingerprint density at radius 1 is 1.11 bits per heavy atom. The lowest BCUT2D eigenvalue weighted by molar-refractivity contribution is 0.400. The van der Waals surface area contributed by atoms with Crippen LogP contribution in [0.5, 0.6) is 11.5 Å². The molecule has 0 saturated carbocycles. The highest BCUT2D eigenvalue weighted by molar-refractivity contribution is 5.90. The van der Waals surface area contributed by atoms with Crippen LogP contribution in [0.4, 0.5) is 5.69 Å². The normalized spacial score (nSPS) is 10.7. The topological polar surface area (TPSA) is 81.2 Å². The second-order valence-electron chi connectivity index (χ2n) is 4.28. The summed E-state index contributed by atoms with van der Waals surface area (Å²) in [7, 11) is 0. The van der Waals surface area contributed by atoms with E-state index in [1.807, 2.05) is 18.2 Å². The minimum absolute atomic E-state index is 0.0885. The number of nitrogens with zero attached hydrogens (tertiary/aromatic N) is 1. The van der Waals surface area contributed by atoms with Gasteiger partial charge in [-0.15, -0.1) is 0 Å². The Balaban J connectivity index is 1.86. The van der Waals surface area contributed by atoms with Crippen molar-refractivity contribution < 1.29 is 10.2 Å². The van der Waals surface area contributed by atoms with Crippen LogP contribution in [0, 0.1) is 0 Å². The summed E-state index contributed by atoms with van der Waals surface area (Å²) in [5, 5.41) is 30.3. The largest absolute Gasteiger partial charge is 0.504 e. The number of phenolic OH excluding ortho intramolecular Hbond substituents is 2. The Morgan fingerprint density at radius 3 is 2.84 bits per heavy atom. The molecule has 0 bridgehead atoms. The van der Waals surface area contributed by atoms with Gasteiger partial charge in [0.15, 0.2) is 11.5 Å². The molecule has 0 amide bonds. The van der Waals surface area contributed by atoms with Gasteiger partial charge in [-0.1, -0.05) is 18.2 Å². The van der Waals surface area contributed by atoms with Crippen molar-refractivity contribution in [1.82, 2.24) is 10.2 Å². The third kappa shape index (κ3) is 2.06. The molecule has 5 heteroatoms. The van der Waals surface area contributed by atoms with Gasteiger partial charge in [-0.25, -0.2) is 0 Å². The lowest BCUT2D eigenvalue weighted by Gasteiger charge is -2.09. The summed E-state index contributed by atoms with van der Waals surface area (Å²) < 4.78 is 0. The van der Waals surface area contributed by atoms with E-state index in [2.05, 4.69) is 15.5 Å². The van der Waals surface area contributed by atoms with Crippen LogP contribution in [-0.4, -0.2) is 20.4 Å². The van der Waals surface area contributed by atoms with Gasteiger partial charge < -0.3 is 15.5 Å². The van der Waals surface area contributed by atoms with E-state index in [4.69, 9.17) is 0 Å². The fourth-order valence-electron chi connectivity index (χ4n) is 2.03. The number of H-pyrrole nitrogens is 1.